The van der Waals surface area contributed by atoms with Gasteiger partial charge in [0.05, 0.1) is 0 Å². The summed E-state index contributed by atoms with van der Waals surface area (Å²) in [5.74, 6) is 1.19. The summed E-state index contributed by atoms with van der Waals surface area (Å²) < 4.78 is 1.07. The molecule has 1 heterocycles. The van der Waals surface area contributed by atoms with Crippen molar-refractivity contribution in [3.05, 3.63) is 27.7 Å². The Hall–Kier alpha value is -0.580. The van der Waals surface area contributed by atoms with Crippen LogP contribution in [0.25, 0.3) is 0 Å². The standard InChI is InChI=1S/C16H23BrN2O/c1-11-9-13(17)10-14(16(11)20)15(12-3-2-4-12)19-7-5-18-6-8-19/h9-10,12,15,18,20H,2-8H2,1H3/t15-/m0/s1. The van der Waals surface area contributed by atoms with Gasteiger partial charge in [0.1, 0.15) is 5.75 Å². The van der Waals surface area contributed by atoms with E-state index in [9.17, 15) is 5.11 Å². The summed E-state index contributed by atoms with van der Waals surface area (Å²) in [5.41, 5.74) is 2.08. The maximum atomic E-state index is 10.5. The lowest BCUT2D eigenvalue weighted by atomic mass is 9.76. The molecule has 1 saturated carbocycles. The molecule has 0 amide bonds. The molecular formula is C16H23BrN2O. The van der Waals surface area contributed by atoms with Crippen LogP contribution in [0.2, 0.25) is 0 Å². The third kappa shape index (κ3) is 2.74. The number of hydrogen-bond donors (Lipinski definition) is 2. The van der Waals surface area contributed by atoms with Crippen LogP contribution >= 0.6 is 15.9 Å². The summed E-state index contributed by atoms with van der Waals surface area (Å²) in [7, 11) is 0. The predicted octanol–water partition coefficient (Wildman–Crippen LogP) is 3.21. The SMILES string of the molecule is Cc1cc(Br)cc([C@H](C2CCC2)N2CCNCC2)c1O. The third-order valence-electron chi connectivity index (χ3n) is 4.75. The van der Waals surface area contributed by atoms with Gasteiger partial charge < -0.3 is 10.4 Å². The van der Waals surface area contributed by atoms with Crippen molar-refractivity contribution in [1.82, 2.24) is 10.2 Å². The van der Waals surface area contributed by atoms with Gasteiger partial charge in [0.2, 0.25) is 0 Å². The van der Waals surface area contributed by atoms with Gasteiger partial charge in [0, 0.05) is 42.3 Å². The molecule has 0 spiro atoms. The van der Waals surface area contributed by atoms with Gasteiger partial charge in [-0.05, 0) is 43.4 Å². The molecule has 3 nitrogen and oxygen atoms in total. The van der Waals surface area contributed by atoms with Crippen molar-refractivity contribution in [1.29, 1.82) is 0 Å². The van der Waals surface area contributed by atoms with Crippen LogP contribution in [0.4, 0.5) is 0 Å². The fourth-order valence-electron chi connectivity index (χ4n) is 3.45. The maximum absolute atomic E-state index is 10.5. The van der Waals surface area contributed by atoms with Crippen molar-refractivity contribution in [3.8, 4) is 5.75 Å². The van der Waals surface area contributed by atoms with Crippen molar-refractivity contribution in [2.24, 2.45) is 5.92 Å². The molecule has 2 fully saturated rings. The first-order valence-electron chi connectivity index (χ1n) is 7.60. The van der Waals surface area contributed by atoms with Crippen LogP contribution in [-0.2, 0) is 0 Å². The highest BCUT2D eigenvalue weighted by atomic mass is 79.9. The summed E-state index contributed by atoms with van der Waals surface area (Å²) >= 11 is 3.59. The number of halogens is 1. The van der Waals surface area contributed by atoms with E-state index in [1.54, 1.807) is 0 Å². The van der Waals surface area contributed by atoms with Gasteiger partial charge in [-0.3, -0.25) is 4.90 Å². The van der Waals surface area contributed by atoms with E-state index in [1.165, 1.54) is 19.3 Å². The van der Waals surface area contributed by atoms with E-state index in [-0.39, 0.29) is 0 Å². The highest BCUT2D eigenvalue weighted by Gasteiger charge is 2.35. The highest BCUT2D eigenvalue weighted by molar-refractivity contribution is 9.10. The molecule has 0 aromatic heterocycles. The zero-order valence-corrected chi connectivity index (χ0v) is 13.6. The van der Waals surface area contributed by atoms with Crippen LogP contribution < -0.4 is 5.32 Å². The highest BCUT2D eigenvalue weighted by Crippen LogP contribution is 2.45. The lowest BCUT2D eigenvalue weighted by Gasteiger charge is -2.43. The van der Waals surface area contributed by atoms with Gasteiger partial charge in [-0.15, -0.1) is 0 Å². The first-order valence-corrected chi connectivity index (χ1v) is 8.40. The Labute approximate surface area is 129 Å². The fraction of sp³-hybridized carbons (Fsp3) is 0.625. The number of phenols is 1. The second kappa shape index (κ2) is 6.04. The number of nitrogens with zero attached hydrogens (tertiary/aromatic N) is 1. The van der Waals surface area contributed by atoms with Gasteiger partial charge in [0.15, 0.2) is 0 Å². The molecule has 0 bridgehead atoms. The molecule has 1 aliphatic heterocycles. The number of piperazine rings is 1. The molecule has 0 unspecified atom stereocenters. The molecule has 0 radical (unpaired) electrons. The number of rotatable bonds is 3. The zero-order valence-electron chi connectivity index (χ0n) is 12.0. The van der Waals surface area contributed by atoms with E-state index in [0.29, 0.717) is 17.7 Å². The zero-order chi connectivity index (χ0) is 14.1. The molecule has 3 rings (SSSR count). The number of aromatic hydroxyl groups is 1. The molecule has 20 heavy (non-hydrogen) atoms. The van der Waals surface area contributed by atoms with E-state index >= 15 is 0 Å². The van der Waals surface area contributed by atoms with E-state index < -0.39 is 0 Å². The van der Waals surface area contributed by atoms with Crippen LogP contribution in [0.1, 0.15) is 36.4 Å². The van der Waals surface area contributed by atoms with Crippen LogP contribution in [0.5, 0.6) is 5.75 Å². The molecule has 1 atom stereocenters. The summed E-state index contributed by atoms with van der Waals surface area (Å²) in [4.78, 5) is 2.56. The number of hydrogen-bond acceptors (Lipinski definition) is 3. The van der Waals surface area contributed by atoms with E-state index in [4.69, 9.17) is 0 Å². The first-order chi connectivity index (χ1) is 9.66. The fourth-order valence-corrected chi connectivity index (χ4v) is 4.04. The second-order valence-electron chi connectivity index (χ2n) is 6.08. The Morgan fingerprint density at radius 3 is 2.60 bits per heavy atom. The first kappa shape index (κ1) is 14.4. The smallest absolute Gasteiger partial charge is 0.123 e. The van der Waals surface area contributed by atoms with Gasteiger partial charge in [-0.2, -0.15) is 0 Å². The number of phenolic OH excluding ortho intramolecular Hbond substituents is 1. The Kier molecular flexibility index (Phi) is 4.34. The topological polar surface area (TPSA) is 35.5 Å². The Morgan fingerprint density at radius 2 is 2.00 bits per heavy atom. The Balaban J connectivity index is 1.96. The van der Waals surface area contributed by atoms with Crippen LogP contribution in [-0.4, -0.2) is 36.2 Å². The summed E-state index contributed by atoms with van der Waals surface area (Å²) in [5, 5.41) is 13.9. The number of nitrogens with one attached hydrogen (secondary N) is 1. The minimum atomic E-state index is 0.377. The van der Waals surface area contributed by atoms with Gasteiger partial charge >= 0.3 is 0 Å². The van der Waals surface area contributed by atoms with Crippen LogP contribution in [0, 0.1) is 12.8 Å². The molecule has 1 aromatic rings. The predicted molar refractivity (Wildman–Crippen MR) is 85.1 cm³/mol. The molecule has 4 heteroatoms. The normalized spacial score (nSPS) is 22.5. The average Bonchev–Trinajstić information content (AvgIpc) is 2.39. The Bertz CT molecular complexity index is 482. The Morgan fingerprint density at radius 1 is 1.30 bits per heavy atom. The molecule has 1 saturated heterocycles. The van der Waals surface area contributed by atoms with Crippen LogP contribution in [0.3, 0.4) is 0 Å². The summed E-state index contributed by atoms with van der Waals surface area (Å²) in [6.07, 6.45) is 3.92. The summed E-state index contributed by atoms with van der Waals surface area (Å²) in [6.45, 7) is 6.24. The number of benzene rings is 1. The third-order valence-corrected chi connectivity index (χ3v) is 5.21. The van der Waals surface area contributed by atoms with Gasteiger partial charge in [0.25, 0.3) is 0 Å². The quantitative estimate of drug-likeness (QED) is 0.888. The van der Waals surface area contributed by atoms with Gasteiger partial charge in [-0.25, -0.2) is 0 Å². The average molecular weight is 339 g/mol. The van der Waals surface area contributed by atoms with Gasteiger partial charge in [-0.1, -0.05) is 22.4 Å². The monoisotopic (exact) mass is 338 g/mol. The lowest BCUT2D eigenvalue weighted by Crippen LogP contribution is -2.47. The van der Waals surface area contributed by atoms with E-state index in [2.05, 4.69) is 32.2 Å². The second-order valence-corrected chi connectivity index (χ2v) is 7.00. The van der Waals surface area contributed by atoms with Crippen molar-refractivity contribution < 1.29 is 5.11 Å². The van der Waals surface area contributed by atoms with E-state index in [0.717, 1.165) is 41.8 Å². The summed E-state index contributed by atoms with van der Waals surface area (Å²) in [6, 6.07) is 4.49. The largest absolute Gasteiger partial charge is 0.507 e. The molecule has 1 aromatic carbocycles. The molecule has 2 aliphatic rings. The van der Waals surface area contributed by atoms with E-state index in [1.807, 2.05) is 13.0 Å². The van der Waals surface area contributed by atoms with Crippen molar-refractivity contribution in [2.75, 3.05) is 26.2 Å². The maximum Gasteiger partial charge on any atom is 0.123 e. The molecule has 1 aliphatic carbocycles. The van der Waals surface area contributed by atoms with Crippen molar-refractivity contribution in [3.63, 3.8) is 0 Å². The number of aryl methyl sites for hydroxylation is 1. The molecular weight excluding hydrogens is 316 g/mol. The van der Waals surface area contributed by atoms with Crippen molar-refractivity contribution >= 4 is 15.9 Å². The molecule has 110 valence electrons. The minimum absolute atomic E-state index is 0.377. The minimum Gasteiger partial charge on any atom is -0.507 e. The van der Waals surface area contributed by atoms with Crippen molar-refractivity contribution in [2.45, 2.75) is 32.2 Å². The molecule has 2 N–H and O–H groups in total. The van der Waals surface area contributed by atoms with Crippen LogP contribution in [0.15, 0.2) is 16.6 Å². The lowest BCUT2D eigenvalue weighted by molar-refractivity contribution is 0.0818.